The molecule has 0 atom stereocenters. The third-order valence-electron chi connectivity index (χ3n) is 15.4. The number of unbranched alkanes of at least 4 members (excludes halogenated alkanes) is 4. The molecule has 4 heterocycles. The SMILES string of the molecule is CC(C)c1cc(C(=O)N2Cc3ccc(CN4CCN(CCCCCNC(=O)CCCCCN5/C(=C/C=C/C=C/C6=[N+](C)c7ccccc7C6(C)C)C(C)(C)c6ccccc65)CC4)cc3C2)c(O)cc1O. The molecule has 4 aliphatic rings. The number of allylic oxidation sites excluding steroid dienone is 6. The summed E-state index contributed by atoms with van der Waals surface area (Å²) in [5.41, 5.74) is 12.2. The van der Waals surface area contributed by atoms with Crippen LogP contribution in [0, 0.1) is 0 Å². The van der Waals surface area contributed by atoms with E-state index < -0.39 is 0 Å². The van der Waals surface area contributed by atoms with Crippen LogP contribution in [0.1, 0.15) is 136 Å². The van der Waals surface area contributed by atoms with Gasteiger partial charge in [-0.25, -0.2) is 0 Å². The van der Waals surface area contributed by atoms with Crippen molar-refractivity contribution in [3.63, 3.8) is 0 Å². The summed E-state index contributed by atoms with van der Waals surface area (Å²) in [5.74, 6) is -0.193. The van der Waals surface area contributed by atoms with Crippen molar-refractivity contribution < 1.29 is 24.4 Å². The number of hydrogen-bond acceptors (Lipinski definition) is 7. The molecule has 2 amide bonds. The van der Waals surface area contributed by atoms with Crippen LogP contribution >= 0.6 is 0 Å². The molecule has 4 aromatic carbocycles. The highest BCUT2D eigenvalue weighted by Crippen LogP contribution is 2.48. The number of amides is 2. The zero-order valence-corrected chi connectivity index (χ0v) is 42.9. The lowest BCUT2D eigenvalue weighted by Crippen LogP contribution is -2.46. The monoisotopic (exact) mass is 946 g/mol. The first-order valence-corrected chi connectivity index (χ1v) is 25.9. The highest BCUT2D eigenvalue weighted by atomic mass is 16.3. The quantitative estimate of drug-likeness (QED) is 0.0489. The molecule has 10 nitrogen and oxygen atoms in total. The van der Waals surface area contributed by atoms with Gasteiger partial charge in [0.1, 0.15) is 18.5 Å². The van der Waals surface area contributed by atoms with Gasteiger partial charge in [-0.05, 0) is 98.0 Å². The Labute approximate surface area is 417 Å². The van der Waals surface area contributed by atoms with E-state index in [4.69, 9.17) is 0 Å². The number of fused-ring (bicyclic) bond motifs is 3. The second kappa shape index (κ2) is 22.0. The molecule has 0 radical (unpaired) electrons. The van der Waals surface area contributed by atoms with Gasteiger partial charge in [0.15, 0.2) is 5.71 Å². The van der Waals surface area contributed by atoms with Crippen molar-refractivity contribution in [2.75, 3.05) is 57.8 Å². The number of nitrogens with zero attached hydrogens (tertiary/aromatic N) is 5. The standard InChI is InChI=1S/C60H76N6O4/c1-43(2)47-38-48(54(68)39-53(47)67)58(70)65-41-45-29-28-44(37-46(45)42-65)40-64-35-33-63(34-36-64)31-19-10-18-30-61-57(69)27-13-9-20-32-66-52-24-17-15-22-50(52)60(5,6)56(66)26-12-8-11-25-55-59(3,4)49-21-14-16-23-51(49)62(55)7/h8,11-12,14-17,21-26,28-29,37-39,43H,9-10,13,18-20,27,30-36,40-42H2,1-7H3,(H2-,61,67,68,69,70)/p+1. The number of phenolic OH excluding ortho intramolecular Hbond substituents is 2. The molecule has 0 bridgehead atoms. The molecule has 10 heteroatoms. The van der Waals surface area contributed by atoms with Crippen LogP contribution in [0.5, 0.6) is 11.5 Å². The van der Waals surface area contributed by atoms with E-state index in [0.29, 0.717) is 25.1 Å². The van der Waals surface area contributed by atoms with E-state index in [1.165, 1.54) is 45.5 Å². The molecule has 3 N–H and O–H groups in total. The first-order chi connectivity index (χ1) is 33.6. The maximum Gasteiger partial charge on any atom is 0.258 e. The summed E-state index contributed by atoms with van der Waals surface area (Å²) in [6.07, 6.45) is 17.8. The van der Waals surface area contributed by atoms with Gasteiger partial charge in [0.05, 0.1) is 11.0 Å². The van der Waals surface area contributed by atoms with Crippen LogP contribution < -0.4 is 10.2 Å². The number of piperazine rings is 1. The topological polar surface area (TPSA) is 103 Å². The molecule has 0 aliphatic carbocycles. The van der Waals surface area contributed by atoms with E-state index in [1.54, 1.807) is 11.0 Å². The van der Waals surface area contributed by atoms with Gasteiger partial charge in [-0.2, -0.15) is 4.58 Å². The van der Waals surface area contributed by atoms with Gasteiger partial charge in [0.25, 0.3) is 5.91 Å². The summed E-state index contributed by atoms with van der Waals surface area (Å²) in [4.78, 5) is 35.6. The largest absolute Gasteiger partial charge is 0.508 e. The number of carbonyl (C=O) groups is 2. The van der Waals surface area contributed by atoms with E-state index >= 15 is 0 Å². The Kier molecular flexibility index (Phi) is 15.8. The molecule has 1 saturated heterocycles. The van der Waals surface area contributed by atoms with Crippen molar-refractivity contribution in [2.45, 2.75) is 123 Å². The second-order valence-corrected chi connectivity index (χ2v) is 21.4. The Hall–Kier alpha value is -5.97. The Morgan fingerprint density at radius 2 is 1.43 bits per heavy atom. The van der Waals surface area contributed by atoms with Gasteiger partial charge < -0.3 is 30.2 Å². The highest BCUT2D eigenvalue weighted by Gasteiger charge is 2.43. The Balaban J connectivity index is 0.698. The second-order valence-electron chi connectivity index (χ2n) is 21.4. The Morgan fingerprint density at radius 3 is 2.20 bits per heavy atom. The molecule has 0 saturated carbocycles. The van der Waals surface area contributed by atoms with E-state index in [2.05, 4.69) is 156 Å². The Bertz CT molecular complexity index is 2670. The molecule has 370 valence electrons. The smallest absolute Gasteiger partial charge is 0.258 e. The molecular weight excluding hydrogens is 869 g/mol. The summed E-state index contributed by atoms with van der Waals surface area (Å²) in [5, 5.41) is 23.9. The van der Waals surface area contributed by atoms with Crippen molar-refractivity contribution >= 4 is 28.9 Å². The summed E-state index contributed by atoms with van der Waals surface area (Å²) in [7, 11) is 2.16. The number of phenols is 2. The van der Waals surface area contributed by atoms with Crippen LogP contribution in [0.4, 0.5) is 11.4 Å². The minimum atomic E-state index is -0.218. The van der Waals surface area contributed by atoms with Crippen LogP contribution in [0.2, 0.25) is 0 Å². The fourth-order valence-electron chi connectivity index (χ4n) is 11.2. The van der Waals surface area contributed by atoms with Gasteiger partial charge in [-0.15, -0.1) is 0 Å². The summed E-state index contributed by atoms with van der Waals surface area (Å²) < 4.78 is 2.31. The third-order valence-corrected chi connectivity index (χ3v) is 15.4. The molecule has 0 spiro atoms. The molecule has 1 fully saturated rings. The fraction of sp³-hybridized carbons (Fsp3) is 0.450. The van der Waals surface area contributed by atoms with Crippen LogP contribution in [-0.2, 0) is 35.3 Å². The number of aromatic hydroxyl groups is 2. The minimum absolute atomic E-state index is 0.0133. The number of rotatable bonds is 19. The molecular formula is C60H77N6O4+. The van der Waals surface area contributed by atoms with Crippen LogP contribution in [0.25, 0.3) is 0 Å². The van der Waals surface area contributed by atoms with Gasteiger partial charge in [0, 0.05) is 106 Å². The molecule has 8 rings (SSSR count). The summed E-state index contributed by atoms with van der Waals surface area (Å²) in [6.45, 7) is 22.0. The highest BCUT2D eigenvalue weighted by molar-refractivity contribution is 6.03. The molecule has 4 aromatic rings. The lowest BCUT2D eigenvalue weighted by atomic mass is 9.81. The van der Waals surface area contributed by atoms with Crippen molar-refractivity contribution in [3.8, 4) is 11.5 Å². The van der Waals surface area contributed by atoms with Gasteiger partial charge in [-0.3, -0.25) is 14.5 Å². The first kappa shape index (κ1) is 50.4. The number of nitrogens with one attached hydrogen (secondary N) is 1. The third kappa shape index (κ3) is 11.1. The van der Waals surface area contributed by atoms with Crippen molar-refractivity contribution in [2.24, 2.45) is 0 Å². The minimum Gasteiger partial charge on any atom is -0.508 e. The molecule has 70 heavy (non-hydrogen) atoms. The normalized spacial score (nSPS) is 18.2. The van der Waals surface area contributed by atoms with E-state index in [0.717, 1.165) is 102 Å². The average Bonchev–Trinajstić information content (AvgIpc) is 3.92. The number of carbonyl (C=O) groups excluding carboxylic acids is 2. The predicted molar refractivity (Wildman–Crippen MR) is 284 cm³/mol. The van der Waals surface area contributed by atoms with E-state index in [-0.39, 0.29) is 45.6 Å². The molecule has 0 aromatic heterocycles. The molecule has 0 unspecified atom stereocenters. The lowest BCUT2D eigenvalue weighted by molar-refractivity contribution is -0.401. The number of benzene rings is 4. The average molecular weight is 946 g/mol. The van der Waals surface area contributed by atoms with Crippen LogP contribution in [0.15, 0.2) is 115 Å². The van der Waals surface area contributed by atoms with E-state index in [1.807, 2.05) is 13.8 Å². The predicted octanol–water partition coefficient (Wildman–Crippen LogP) is 10.8. The molecule has 4 aliphatic heterocycles. The first-order valence-electron chi connectivity index (χ1n) is 25.9. The van der Waals surface area contributed by atoms with Gasteiger partial charge in [0.2, 0.25) is 11.6 Å². The zero-order valence-electron chi connectivity index (χ0n) is 42.9. The van der Waals surface area contributed by atoms with Crippen molar-refractivity contribution in [1.82, 2.24) is 20.0 Å². The van der Waals surface area contributed by atoms with Crippen molar-refractivity contribution in [1.29, 1.82) is 0 Å². The zero-order chi connectivity index (χ0) is 49.6. The lowest BCUT2D eigenvalue weighted by Gasteiger charge is -2.34. The van der Waals surface area contributed by atoms with Gasteiger partial charge >= 0.3 is 0 Å². The van der Waals surface area contributed by atoms with Crippen LogP contribution in [-0.4, -0.2) is 99.9 Å². The fourth-order valence-corrected chi connectivity index (χ4v) is 11.2. The van der Waals surface area contributed by atoms with Crippen LogP contribution in [0.3, 0.4) is 0 Å². The van der Waals surface area contributed by atoms with E-state index in [9.17, 15) is 19.8 Å². The van der Waals surface area contributed by atoms with Gasteiger partial charge in [-0.1, -0.05) is 113 Å². The van der Waals surface area contributed by atoms with Crippen molar-refractivity contribution in [3.05, 3.63) is 154 Å². The number of hydrogen-bond donors (Lipinski definition) is 3. The number of anilines is 1. The maximum atomic E-state index is 13.5. The Morgan fingerprint density at radius 1 is 0.729 bits per heavy atom. The number of para-hydroxylation sites is 2. The maximum absolute atomic E-state index is 13.5. The summed E-state index contributed by atoms with van der Waals surface area (Å²) in [6, 6.07) is 27.0. The summed E-state index contributed by atoms with van der Waals surface area (Å²) >= 11 is 0.